The van der Waals surface area contributed by atoms with Gasteiger partial charge in [0.05, 0.1) is 12.7 Å². The average Bonchev–Trinajstić information content (AvgIpc) is 2.64. The van der Waals surface area contributed by atoms with E-state index in [1.54, 1.807) is 19.4 Å². The third-order valence-corrected chi connectivity index (χ3v) is 4.67. The second kappa shape index (κ2) is 4.43. The molecule has 0 amide bonds. The molecule has 1 atom stereocenters. The summed E-state index contributed by atoms with van der Waals surface area (Å²) < 4.78 is 17.2. The minimum absolute atomic E-state index is 0.304. The molecule has 98 valence electrons. The average molecular weight is 267 g/mol. The Hall–Kier alpha value is -1.28. The van der Waals surface area contributed by atoms with Gasteiger partial charge in [-0.15, -0.1) is 0 Å². The summed E-state index contributed by atoms with van der Waals surface area (Å²) >= 11 is 0. The highest BCUT2D eigenvalue weighted by atomic mass is 31.2. The molecule has 1 aliphatic heterocycles. The molecule has 5 heteroatoms. The van der Waals surface area contributed by atoms with E-state index in [2.05, 4.69) is 12.2 Å². The zero-order valence-corrected chi connectivity index (χ0v) is 12.0. The Kier molecular flexibility index (Phi) is 3.24. The van der Waals surface area contributed by atoms with Gasteiger partial charge in [0.25, 0.3) is 0 Å². The van der Waals surface area contributed by atoms with Crippen LogP contribution >= 0.6 is 7.14 Å². The van der Waals surface area contributed by atoms with Crippen molar-refractivity contribution in [1.82, 2.24) is 0 Å². The Morgan fingerprint density at radius 1 is 1.44 bits per heavy atom. The second-order valence-corrected chi connectivity index (χ2v) is 8.24. The molecule has 1 aromatic rings. The van der Waals surface area contributed by atoms with Crippen molar-refractivity contribution in [1.29, 1.82) is 0 Å². The zero-order chi connectivity index (χ0) is 13.5. The van der Waals surface area contributed by atoms with E-state index in [9.17, 15) is 9.36 Å². The topological polar surface area (TPSA) is 55.4 Å². The van der Waals surface area contributed by atoms with Crippen LogP contribution in [0.3, 0.4) is 0 Å². The van der Waals surface area contributed by atoms with Crippen molar-refractivity contribution in [3.63, 3.8) is 0 Å². The highest BCUT2D eigenvalue weighted by molar-refractivity contribution is 7.70. The number of carbonyl (C=O) groups excluding carboxylic acids is 1. The van der Waals surface area contributed by atoms with Gasteiger partial charge in [-0.05, 0) is 38.3 Å². The fourth-order valence-electron chi connectivity index (χ4n) is 2.43. The predicted molar refractivity (Wildman–Crippen MR) is 73.7 cm³/mol. The number of benzene rings is 1. The Morgan fingerprint density at radius 2 is 2.11 bits per heavy atom. The summed E-state index contributed by atoms with van der Waals surface area (Å²) in [6.07, 6.45) is 0.893. The monoisotopic (exact) mass is 267 g/mol. The third kappa shape index (κ3) is 2.17. The van der Waals surface area contributed by atoms with Crippen molar-refractivity contribution < 1.29 is 14.1 Å². The first-order chi connectivity index (χ1) is 8.34. The molecule has 1 aliphatic rings. The fourth-order valence-corrected chi connectivity index (χ4v) is 3.92. The van der Waals surface area contributed by atoms with E-state index in [0.717, 1.165) is 17.7 Å². The summed E-state index contributed by atoms with van der Waals surface area (Å²) in [4.78, 5) is 11.8. The van der Waals surface area contributed by atoms with Gasteiger partial charge in [-0.25, -0.2) is 4.79 Å². The zero-order valence-electron chi connectivity index (χ0n) is 11.1. The summed E-state index contributed by atoms with van der Waals surface area (Å²) in [5, 5.41) is 3.93. The predicted octanol–water partition coefficient (Wildman–Crippen LogP) is 2.08. The Bertz CT molecular complexity index is 547. The van der Waals surface area contributed by atoms with Crippen molar-refractivity contribution in [3.05, 3.63) is 23.3 Å². The molecule has 2 rings (SSSR count). The van der Waals surface area contributed by atoms with Crippen LogP contribution < -0.4 is 10.6 Å². The van der Waals surface area contributed by atoms with Gasteiger partial charge in [0.2, 0.25) is 0 Å². The highest BCUT2D eigenvalue weighted by Gasteiger charge is 2.30. The smallest absolute Gasteiger partial charge is 0.338 e. The fraction of sp³-hybridized carbons (Fsp3) is 0.462. The third-order valence-electron chi connectivity index (χ3n) is 3.12. The largest absolute Gasteiger partial charge is 0.465 e. The molecule has 0 spiro atoms. The molecule has 0 saturated heterocycles. The molecular formula is C13H18NO3P. The Labute approximate surface area is 107 Å². The number of esters is 1. The summed E-state index contributed by atoms with van der Waals surface area (Å²) in [6, 6.07) is 3.94. The van der Waals surface area contributed by atoms with E-state index in [1.807, 2.05) is 6.07 Å². The van der Waals surface area contributed by atoms with Crippen LogP contribution in [0.2, 0.25) is 0 Å². The van der Waals surface area contributed by atoms with Gasteiger partial charge in [-0.2, -0.15) is 0 Å². The van der Waals surface area contributed by atoms with E-state index in [0.29, 0.717) is 16.9 Å². The molecule has 1 heterocycles. The first kappa shape index (κ1) is 13.2. The van der Waals surface area contributed by atoms with Gasteiger partial charge >= 0.3 is 5.97 Å². The number of ether oxygens (including phenoxy) is 1. The lowest BCUT2D eigenvalue weighted by atomic mass is 10.1. The number of hydrogen-bond donors (Lipinski definition) is 1. The minimum atomic E-state index is -2.55. The van der Waals surface area contributed by atoms with Crippen LogP contribution in [-0.4, -0.2) is 32.5 Å². The lowest BCUT2D eigenvalue weighted by molar-refractivity contribution is 0.0602. The van der Waals surface area contributed by atoms with Crippen molar-refractivity contribution in [2.24, 2.45) is 0 Å². The summed E-state index contributed by atoms with van der Waals surface area (Å²) in [5.41, 5.74) is 2.39. The molecule has 4 nitrogen and oxygen atoms in total. The number of rotatable bonds is 2. The number of hydrogen-bond acceptors (Lipinski definition) is 4. The first-order valence-electron chi connectivity index (χ1n) is 5.91. The number of methoxy groups -OCH3 is 1. The lowest BCUT2D eigenvalue weighted by Gasteiger charge is -2.17. The number of nitrogens with one attached hydrogen (secondary N) is 1. The van der Waals surface area contributed by atoms with Crippen LogP contribution in [0.15, 0.2) is 12.1 Å². The normalized spacial score (nSPS) is 18.1. The number of carbonyl (C=O) groups is 1. The maximum Gasteiger partial charge on any atom is 0.338 e. The molecule has 18 heavy (non-hydrogen) atoms. The van der Waals surface area contributed by atoms with Gasteiger partial charge in [0.1, 0.15) is 7.14 Å². The maximum atomic E-state index is 12.5. The molecule has 1 unspecified atom stereocenters. The lowest BCUT2D eigenvalue weighted by Crippen LogP contribution is -2.21. The molecule has 0 saturated carbocycles. The highest BCUT2D eigenvalue weighted by Crippen LogP contribution is 2.42. The Morgan fingerprint density at radius 3 is 2.67 bits per heavy atom. The molecule has 0 fully saturated rings. The van der Waals surface area contributed by atoms with Gasteiger partial charge < -0.3 is 14.6 Å². The van der Waals surface area contributed by atoms with Crippen molar-refractivity contribution in [3.8, 4) is 0 Å². The second-order valence-electron chi connectivity index (χ2n) is 5.09. The first-order valence-corrected chi connectivity index (χ1v) is 8.51. The van der Waals surface area contributed by atoms with Crippen LogP contribution in [0.5, 0.6) is 0 Å². The van der Waals surface area contributed by atoms with E-state index in [-0.39, 0.29) is 0 Å². The van der Waals surface area contributed by atoms with E-state index in [1.165, 1.54) is 7.11 Å². The van der Waals surface area contributed by atoms with Gasteiger partial charge in [0, 0.05) is 17.0 Å². The molecule has 1 N–H and O–H groups in total. The maximum absolute atomic E-state index is 12.5. The number of fused-ring (bicyclic) bond motifs is 1. The van der Waals surface area contributed by atoms with Crippen LogP contribution in [0, 0.1) is 0 Å². The number of anilines is 1. The van der Waals surface area contributed by atoms with Crippen LogP contribution in [0.1, 0.15) is 22.8 Å². The quantitative estimate of drug-likeness (QED) is 0.658. The van der Waals surface area contributed by atoms with E-state index >= 15 is 0 Å². The minimum Gasteiger partial charge on any atom is -0.465 e. The summed E-state index contributed by atoms with van der Waals surface area (Å²) in [6.45, 7) is 5.43. The molecule has 0 bridgehead atoms. The molecule has 0 aromatic heterocycles. The van der Waals surface area contributed by atoms with Gasteiger partial charge in [-0.1, -0.05) is 6.07 Å². The summed E-state index contributed by atoms with van der Waals surface area (Å²) in [5.74, 6) is -0.432. The van der Waals surface area contributed by atoms with Crippen molar-refractivity contribution >= 4 is 24.1 Å². The van der Waals surface area contributed by atoms with Gasteiger partial charge in [0.15, 0.2) is 0 Å². The molecule has 0 radical (unpaired) electrons. The molecule has 0 aliphatic carbocycles. The SMILES string of the molecule is COC(=O)c1ccc2c(c1P(C)(C)=O)NC(C)C2. The summed E-state index contributed by atoms with van der Waals surface area (Å²) in [7, 11) is -1.21. The molecule has 1 aromatic carbocycles. The van der Waals surface area contributed by atoms with Crippen molar-refractivity contribution in [2.75, 3.05) is 25.8 Å². The van der Waals surface area contributed by atoms with E-state index in [4.69, 9.17) is 4.74 Å². The molecular weight excluding hydrogens is 249 g/mol. The van der Waals surface area contributed by atoms with Crippen LogP contribution in [0.4, 0.5) is 5.69 Å². The Balaban J connectivity index is 2.68. The van der Waals surface area contributed by atoms with Crippen molar-refractivity contribution in [2.45, 2.75) is 19.4 Å². The van der Waals surface area contributed by atoms with Crippen LogP contribution in [0.25, 0.3) is 0 Å². The standard InChI is InChI=1S/C13H18NO3P/c1-8-7-9-5-6-10(13(15)17-2)12(11(9)14-8)18(3,4)16/h5-6,8,14H,7H2,1-4H3. The van der Waals surface area contributed by atoms with E-state index < -0.39 is 13.1 Å². The van der Waals surface area contributed by atoms with Gasteiger partial charge in [-0.3, -0.25) is 0 Å². The van der Waals surface area contributed by atoms with Crippen LogP contribution in [-0.2, 0) is 15.7 Å².